The van der Waals surface area contributed by atoms with E-state index in [2.05, 4.69) is 12.1 Å². The van der Waals surface area contributed by atoms with E-state index >= 15 is 0 Å². The Morgan fingerprint density at radius 3 is 2.61 bits per heavy atom. The molecule has 6 nitrogen and oxygen atoms in total. The van der Waals surface area contributed by atoms with Crippen molar-refractivity contribution in [1.29, 1.82) is 0 Å². The van der Waals surface area contributed by atoms with Gasteiger partial charge < -0.3 is 14.3 Å². The van der Waals surface area contributed by atoms with Gasteiger partial charge >= 0.3 is 0 Å². The van der Waals surface area contributed by atoms with Gasteiger partial charge in [-0.1, -0.05) is 42.4 Å². The Bertz CT molecular complexity index is 825. The molecule has 2 aliphatic rings. The maximum Gasteiger partial charge on any atom is 0.245 e. The molecule has 4 rings (SSSR count). The van der Waals surface area contributed by atoms with Gasteiger partial charge in [0.25, 0.3) is 0 Å². The third-order valence-corrected chi connectivity index (χ3v) is 5.90. The molecule has 0 unspecified atom stereocenters. The van der Waals surface area contributed by atoms with E-state index in [0.717, 1.165) is 44.3 Å². The van der Waals surface area contributed by atoms with Gasteiger partial charge in [0.1, 0.15) is 6.04 Å². The highest BCUT2D eigenvalue weighted by Crippen LogP contribution is 2.25. The molecule has 1 aromatic heterocycles. The first-order valence-electron chi connectivity index (χ1n) is 10.2. The first-order chi connectivity index (χ1) is 13.6. The van der Waals surface area contributed by atoms with Crippen molar-refractivity contribution in [2.24, 2.45) is 5.92 Å². The number of carbonyl (C=O) groups excluding carboxylic acids is 2. The van der Waals surface area contributed by atoms with Crippen molar-refractivity contribution < 1.29 is 14.1 Å². The number of carbonyl (C=O) groups is 2. The first kappa shape index (κ1) is 18.7. The van der Waals surface area contributed by atoms with Gasteiger partial charge in [-0.15, -0.1) is 0 Å². The van der Waals surface area contributed by atoms with Crippen molar-refractivity contribution in [1.82, 2.24) is 15.0 Å². The lowest BCUT2D eigenvalue weighted by Crippen LogP contribution is -2.50. The van der Waals surface area contributed by atoms with E-state index in [9.17, 15) is 9.59 Å². The third-order valence-electron chi connectivity index (χ3n) is 5.90. The number of hydrogen-bond acceptors (Lipinski definition) is 4. The molecule has 2 aliphatic heterocycles. The van der Waals surface area contributed by atoms with Crippen LogP contribution in [0, 0.1) is 5.92 Å². The number of rotatable bonds is 4. The maximum absolute atomic E-state index is 13.0. The topological polar surface area (TPSA) is 66.7 Å². The van der Waals surface area contributed by atoms with Crippen molar-refractivity contribution >= 4 is 11.8 Å². The summed E-state index contributed by atoms with van der Waals surface area (Å²) in [5.74, 6) is 1.40. The van der Waals surface area contributed by atoms with Crippen LogP contribution in [0.4, 0.5) is 0 Å². The summed E-state index contributed by atoms with van der Waals surface area (Å²) in [6.45, 7) is 4.49. The lowest BCUT2D eigenvalue weighted by molar-refractivity contribution is -0.144. The molecule has 148 valence electrons. The van der Waals surface area contributed by atoms with Crippen molar-refractivity contribution in [3.63, 3.8) is 0 Å². The van der Waals surface area contributed by atoms with Gasteiger partial charge in [-0.05, 0) is 31.6 Å². The number of hydrogen-bond donors (Lipinski definition) is 0. The SMILES string of the molecule is CC1CCN(C(=O)[C@@H]2CCCN2C(=O)Cc2cc(-c3ccccc3)on2)CC1. The summed E-state index contributed by atoms with van der Waals surface area (Å²) in [7, 11) is 0. The molecule has 0 radical (unpaired) electrons. The van der Waals surface area contributed by atoms with Crippen molar-refractivity contribution in [3.8, 4) is 11.3 Å². The van der Waals surface area contributed by atoms with Crippen LogP contribution in [0.5, 0.6) is 0 Å². The van der Waals surface area contributed by atoms with Crippen LogP contribution in [0.1, 0.15) is 38.3 Å². The van der Waals surface area contributed by atoms with Gasteiger partial charge in [0, 0.05) is 31.3 Å². The molecule has 2 fully saturated rings. The summed E-state index contributed by atoms with van der Waals surface area (Å²) >= 11 is 0. The fourth-order valence-corrected chi connectivity index (χ4v) is 4.15. The quantitative estimate of drug-likeness (QED) is 0.816. The Morgan fingerprint density at radius 2 is 1.86 bits per heavy atom. The molecule has 0 bridgehead atoms. The molecule has 3 heterocycles. The van der Waals surface area contributed by atoms with Gasteiger partial charge in [0.05, 0.1) is 12.1 Å². The molecular weight excluding hydrogens is 354 g/mol. The Hall–Kier alpha value is -2.63. The molecular formula is C22H27N3O3. The lowest BCUT2D eigenvalue weighted by Gasteiger charge is -2.34. The van der Waals surface area contributed by atoms with Crippen LogP contribution < -0.4 is 0 Å². The van der Waals surface area contributed by atoms with Gasteiger partial charge in [-0.25, -0.2) is 0 Å². The second-order valence-electron chi connectivity index (χ2n) is 7.98. The summed E-state index contributed by atoms with van der Waals surface area (Å²) in [5.41, 5.74) is 1.54. The number of benzene rings is 1. The highest BCUT2D eigenvalue weighted by molar-refractivity contribution is 5.89. The minimum atomic E-state index is -0.318. The molecule has 1 aromatic carbocycles. The smallest absolute Gasteiger partial charge is 0.245 e. The molecule has 0 N–H and O–H groups in total. The van der Waals surface area contributed by atoms with E-state index in [4.69, 9.17) is 4.52 Å². The number of aromatic nitrogens is 1. The highest BCUT2D eigenvalue weighted by atomic mass is 16.5. The number of piperidine rings is 1. The zero-order chi connectivity index (χ0) is 19.5. The van der Waals surface area contributed by atoms with Gasteiger partial charge in [-0.3, -0.25) is 9.59 Å². The van der Waals surface area contributed by atoms with Gasteiger partial charge in [0.15, 0.2) is 5.76 Å². The molecule has 2 saturated heterocycles. The molecule has 1 atom stereocenters. The predicted octanol–water partition coefficient (Wildman–Crippen LogP) is 3.13. The van der Waals surface area contributed by atoms with Crippen LogP contribution in [0.25, 0.3) is 11.3 Å². The van der Waals surface area contributed by atoms with Crippen LogP contribution in [-0.4, -0.2) is 52.4 Å². The minimum absolute atomic E-state index is 0.0471. The average molecular weight is 381 g/mol. The van der Waals surface area contributed by atoms with Crippen molar-refractivity contribution in [2.45, 2.75) is 45.1 Å². The Morgan fingerprint density at radius 1 is 1.11 bits per heavy atom. The van der Waals surface area contributed by atoms with E-state index < -0.39 is 0 Å². The molecule has 28 heavy (non-hydrogen) atoms. The molecule has 2 aromatic rings. The predicted molar refractivity (Wildman–Crippen MR) is 105 cm³/mol. The van der Waals surface area contributed by atoms with Crippen LogP contribution in [0.3, 0.4) is 0 Å². The third kappa shape index (κ3) is 3.96. The Labute approximate surface area is 165 Å². The van der Waals surface area contributed by atoms with E-state index in [-0.39, 0.29) is 24.3 Å². The standard InChI is InChI=1S/C22H27N3O3/c1-16-9-12-24(13-10-16)22(27)19-8-5-11-25(19)21(26)15-18-14-20(28-23-18)17-6-3-2-4-7-17/h2-4,6-7,14,16,19H,5,8-13,15H2,1H3/t19-/m0/s1. The second kappa shape index (κ2) is 8.17. The first-order valence-corrected chi connectivity index (χ1v) is 10.2. The van der Waals surface area contributed by atoms with Gasteiger partial charge in [0.2, 0.25) is 11.8 Å². The van der Waals surface area contributed by atoms with Crippen LogP contribution in [0.2, 0.25) is 0 Å². The van der Waals surface area contributed by atoms with E-state index in [1.807, 2.05) is 41.3 Å². The summed E-state index contributed by atoms with van der Waals surface area (Å²) < 4.78 is 5.40. The monoisotopic (exact) mass is 381 g/mol. The van der Waals surface area contributed by atoms with Gasteiger partial charge in [-0.2, -0.15) is 0 Å². The minimum Gasteiger partial charge on any atom is -0.356 e. The Balaban J connectivity index is 1.40. The van der Waals surface area contributed by atoms with E-state index in [1.165, 1.54) is 0 Å². The average Bonchev–Trinajstić information content (AvgIpc) is 3.38. The van der Waals surface area contributed by atoms with Crippen LogP contribution in [0.15, 0.2) is 40.9 Å². The summed E-state index contributed by atoms with van der Waals surface area (Å²) in [6.07, 6.45) is 3.89. The lowest BCUT2D eigenvalue weighted by atomic mass is 9.98. The van der Waals surface area contributed by atoms with Crippen LogP contribution in [-0.2, 0) is 16.0 Å². The fraction of sp³-hybridized carbons (Fsp3) is 0.500. The molecule has 0 aliphatic carbocycles. The molecule has 0 saturated carbocycles. The molecule has 6 heteroatoms. The Kier molecular flexibility index (Phi) is 5.46. The number of nitrogens with zero attached hydrogens (tertiary/aromatic N) is 3. The molecule has 0 spiro atoms. The molecule has 2 amide bonds. The zero-order valence-electron chi connectivity index (χ0n) is 16.3. The summed E-state index contributed by atoms with van der Waals surface area (Å²) in [4.78, 5) is 29.5. The second-order valence-corrected chi connectivity index (χ2v) is 7.98. The number of likely N-dealkylation sites (tertiary alicyclic amines) is 2. The maximum atomic E-state index is 13.0. The van der Waals surface area contributed by atoms with E-state index in [1.54, 1.807) is 4.90 Å². The number of amides is 2. The van der Waals surface area contributed by atoms with Crippen LogP contribution >= 0.6 is 0 Å². The highest BCUT2D eigenvalue weighted by Gasteiger charge is 2.37. The normalized spacial score (nSPS) is 20.5. The van der Waals surface area contributed by atoms with Crippen molar-refractivity contribution in [3.05, 3.63) is 42.1 Å². The van der Waals surface area contributed by atoms with Crippen molar-refractivity contribution in [2.75, 3.05) is 19.6 Å². The van der Waals surface area contributed by atoms with E-state index in [0.29, 0.717) is 23.9 Å². The fourth-order valence-electron chi connectivity index (χ4n) is 4.15. The summed E-state index contributed by atoms with van der Waals surface area (Å²) in [6, 6.07) is 11.2. The zero-order valence-corrected chi connectivity index (χ0v) is 16.3. The summed E-state index contributed by atoms with van der Waals surface area (Å²) in [5, 5.41) is 4.05. The largest absolute Gasteiger partial charge is 0.356 e.